The molecule has 0 aliphatic heterocycles. The van der Waals surface area contributed by atoms with Crippen molar-refractivity contribution in [2.24, 2.45) is 0 Å². The Balaban J connectivity index is 2.21. The summed E-state index contributed by atoms with van der Waals surface area (Å²) in [5, 5.41) is 9.04. The molecule has 2 aromatic rings. The van der Waals surface area contributed by atoms with Crippen LogP contribution in [0.1, 0.15) is 10.4 Å². The van der Waals surface area contributed by atoms with E-state index in [1.54, 1.807) is 19.3 Å². The maximum Gasteiger partial charge on any atom is 0.259 e. The summed E-state index contributed by atoms with van der Waals surface area (Å²) in [6, 6.07) is 1.72. The number of anilines is 2. The van der Waals surface area contributed by atoms with Crippen LogP contribution in [0.3, 0.4) is 0 Å². The van der Waals surface area contributed by atoms with Crippen LogP contribution in [0.5, 0.6) is 0 Å². The highest BCUT2D eigenvalue weighted by atomic mass is 16.5. The Bertz CT molecular complexity index is 481. The lowest BCUT2D eigenvalue weighted by Crippen LogP contribution is -2.13. The third kappa shape index (κ3) is 2.00. The highest BCUT2D eigenvalue weighted by Crippen LogP contribution is 2.14. The molecule has 0 bridgehead atoms. The van der Waals surface area contributed by atoms with E-state index in [2.05, 4.69) is 25.3 Å². The molecule has 0 aliphatic rings. The van der Waals surface area contributed by atoms with E-state index in [1.807, 2.05) is 0 Å². The van der Waals surface area contributed by atoms with Crippen molar-refractivity contribution in [3.63, 3.8) is 0 Å². The standard InChI is InChI=1S/C10H10N4O2/c1-11-9-2-3-12-5-8(9)10(15)14-7-4-13-16-6-7/h2-6H,1H3,(H,11,12)(H,14,15). The van der Waals surface area contributed by atoms with E-state index in [4.69, 9.17) is 0 Å². The summed E-state index contributed by atoms with van der Waals surface area (Å²) in [5.41, 5.74) is 1.69. The first-order chi connectivity index (χ1) is 7.81. The molecule has 0 saturated heterocycles. The predicted molar refractivity (Wildman–Crippen MR) is 58.2 cm³/mol. The van der Waals surface area contributed by atoms with Crippen LogP contribution >= 0.6 is 0 Å². The lowest BCUT2D eigenvalue weighted by molar-refractivity contribution is 0.102. The summed E-state index contributed by atoms with van der Waals surface area (Å²) in [7, 11) is 1.74. The van der Waals surface area contributed by atoms with E-state index in [9.17, 15) is 4.79 Å². The molecule has 16 heavy (non-hydrogen) atoms. The predicted octanol–water partition coefficient (Wildman–Crippen LogP) is 1.36. The number of pyridine rings is 1. The number of nitrogens with one attached hydrogen (secondary N) is 2. The van der Waals surface area contributed by atoms with Crippen LogP contribution in [-0.4, -0.2) is 23.1 Å². The molecule has 6 nitrogen and oxygen atoms in total. The Morgan fingerprint density at radius 1 is 1.44 bits per heavy atom. The van der Waals surface area contributed by atoms with Gasteiger partial charge < -0.3 is 15.2 Å². The zero-order valence-corrected chi connectivity index (χ0v) is 8.60. The van der Waals surface area contributed by atoms with Gasteiger partial charge in [0.05, 0.1) is 11.8 Å². The minimum atomic E-state index is -0.263. The summed E-state index contributed by atoms with van der Waals surface area (Å²) < 4.78 is 4.61. The maximum atomic E-state index is 11.8. The van der Waals surface area contributed by atoms with E-state index in [0.29, 0.717) is 16.9 Å². The Labute approximate surface area is 91.7 Å². The smallest absolute Gasteiger partial charge is 0.259 e. The second-order valence-corrected chi connectivity index (χ2v) is 3.04. The first kappa shape index (κ1) is 10.2. The fourth-order valence-corrected chi connectivity index (χ4v) is 1.26. The van der Waals surface area contributed by atoms with E-state index in [0.717, 1.165) is 0 Å². The fraction of sp³-hybridized carbons (Fsp3) is 0.100. The summed E-state index contributed by atoms with van der Waals surface area (Å²) in [6.45, 7) is 0. The van der Waals surface area contributed by atoms with Crippen molar-refractivity contribution in [1.29, 1.82) is 0 Å². The van der Waals surface area contributed by atoms with Crippen LogP contribution in [0.25, 0.3) is 0 Å². The average molecular weight is 218 g/mol. The van der Waals surface area contributed by atoms with Crippen LogP contribution < -0.4 is 10.6 Å². The summed E-state index contributed by atoms with van der Waals surface area (Å²) in [6.07, 6.45) is 5.89. The monoisotopic (exact) mass is 218 g/mol. The second-order valence-electron chi connectivity index (χ2n) is 3.04. The summed E-state index contributed by atoms with van der Waals surface area (Å²) in [5.74, 6) is -0.263. The molecule has 82 valence electrons. The highest BCUT2D eigenvalue weighted by molar-refractivity contribution is 6.07. The van der Waals surface area contributed by atoms with Crippen LogP contribution in [0, 0.1) is 0 Å². The molecule has 0 saturated carbocycles. The number of amides is 1. The Morgan fingerprint density at radius 3 is 3.00 bits per heavy atom. The molecule has 2 rings (SSSR count). The Kier molecular flexibility index (Phi) is 2.81. The topological polar surface area (TPSA) is 80.0 Å². The van der Waals surface area contributed by atoms with Crippen molar-refractivity contribution in [2.75, 3.05) is 17.7 Å². The first-order valence-corrected chi connectivity index (χ1v) is 4.64. The normalized spacial score (nSPS) is 9.81. The van der Waals surface area contributed by atoms with Gasteiger partial charge in [-0.05, 0) is 6.07 Å². The van der Waals surface area contributed by atoms with Gasteiger partial charge >= 0.3 is 0 Å². The minimum Gasteiger partial charge on any atom is -0.387 e. The molecular formula is C10H10N4O2. The van der Waals surface area contributed by atoms with Crippen molar-refractivity contribution < 1.29 is 9.32 Å². The molecule has 0 atom stereocenters. The van der Waals surface area contributed by atoms with Gasteiger partial charge in [0.15, 0.2) is 0 Å². The van der Waals surface area contributed by atoms with E-state index >= 15 is 0 Å². The number of hydrogen-bond donors (Lipinski definition) is 2. The van der Waals surface area contributed by atoms with Crippen molar-refractivity contribution in [2.45, 2.75) is 0 Å². The third-order valence-corrected chi connectivity index (χ3v) is 2.03. The van der Waals surface area contributed by atoms with Gasteiger partial charge in [-0.3, -0.25) is 9.78 Å². The van der Waals surface area contributed by atoms with Crippen molar-refractivity contribution >= 4 is 17.3 Å². The zero-order chi connectivity index (χ0) is 11.4. The first-order valence-electron chi connectivity index (χ1n) is 4.64. The maximum absolute atomic E-state index is 11.8. The highest BCUT2D eigenvalue weighted by Gasteiger charge is 2.11. The molecular weight excluding hydrogens is 208 g/mol. The van der Waals surface area contributed by atoms with Gasteiger partial charge in [-0.2, -0.15) is 0 Å². The largest absolute Gasteiger partial charge is 0.387 e. The minimum absolute atomic E-state index is 0.263. The van der Waals surface area contributed by atoms with Crippen molar-refractivity contribution in [3.8, 4) is 0 Å². The number of nitrogens with zero attached hydrogens (tertiary/aromatic N) is 2. The van der Waals surface area contributed by atoms with Crippen molar-refractivity contribution in [1.82, 2.24) is 10.1 Å². The molecule has 0 aliphatic carbocycles. The lowest BCUT2D eigenvalue weighted by atomic mass is 10.2. The SMILES string of the molecule is CNc1ccncc1C(=O)Nc1cnoc1. The van der Waals surface area contributed by atoms with Gasteiger partial charge in [0, 0.05) is 25.1 Å². The summed E-state index contributed by atoms with van der Waals surface area (Å²) in [4.78, 5) is 15.7. The molecule has 6 heteroatoms. The van der Waals surface area contributed by atoms with E-state index in [-0.39, 0.29) is 5.91 Å². The summed E-state index contributed by atoms with van der Waals surface area (Å²) >= 11 is 0. The van der Waals surface area contributed by atoms with Gasteiger partial charge in [0.25, 0.3) is 5.91 Å². The van der Waals surface area contributed by atoms with Gasteiger partial charge in [0.2, 0.25) is 0 Å². The average Bonchev–Trinajstić information content (AvgIpc) is 2.81. The molecule has 2 aromatic heterocycles. The molecule has 0 fully saturated rings. The molecule has 0 unspecified atom stereocenters. The Morgan fingerprint density at radius 2 is 2.31 bits per heavy atom. The van der Waals surface area contributed by atoms with Gasteiger partial charge in [0.1, 0.15) is 12.0 Å². The number of rotatable bonds is 3. The molecule has 2 N–H and O–H groups in total. The van der Waals surface area contributed by atoms with Gasteiger partial charge in [-0.15, -0.1) is 0 Å². The molecule has 0 aromatic carbocycles. The van der Waals surface area contributed by atoms with Gasteiger partial charge in [-0.25, -0.2) is 0 Å². The molecule has 0 radical (unpaired) electrons. The van der Waals surface area contributed by atoms with E-state index < -0.39 is 0 Å². The third-order valence-electron chi connectivity index (χ3n) is 2.03. The van der Waals surface area contributed by atoms with Crippen LogP contribution in [-0.2, 0) is 0 Å². The number of carbonyl (C=O) groups excluding carboxylic acids is 1. The van der Waals surface area contributed by atoms with Crippen LogP contribution in [0.4, 0.5) is 11.4 Å². The van der Waals surface area contributed by atoms with Crippen molar-refractivity contribution in [3.05, 3.63) is 36.5 Å². The van der Waals surface area contributed by atoms with Crippen LogP contribution in [0.2, 0.25) is 0 Å². The van der Waals surface area contributed by atoms with Gasteiger partial charge in [-0.1, -0.05) is 5.16 Å². The molecule has 2 heterocycles. The number of carbonyl (C=O) groups is 1. The molecule has 0 spiro atoms. The number of hydrogen-bond acceptors (Lipinski definition) is 5. The fourth-order valence-electron chi connectivity index (χ4n) is 1.26. The lowest BCUT2D eigenvalue weighted by Gasteiger charge is -2.07. The zero-order valence-electron chi connectivity index (χ0n) is 8.60. The second kappa shape index (κ2) is 4.43. The van der Waals surface area contributed by atoms with Crippen LogP contribution in [0.15, 0.2) is 35.4 Å². The number of aromatic nitrogens is 2. The Hall–Kier alpha value is -2.37. The quantitative estimate of drug-likeness (QED) is 0.813. The molecule has 1 amide bonds. The van der Waals surface area contributed by atoms with E-state index in [1.165, 1.54) is 18.7 Å².